The number of carbonyl (C=O) groups is 1. The summed E-state index contributed by atoms with van der Waals surface area (Å²) in [6.45, 7) is 3.95. The van der Waals surface area contributed by atoms with Crippen molar-refractivity contribution in [2.45, 2.75) is 26.2 Å². The third-order valence-electron chi connectivity index (χ3n) is 3.50. The highest BCUT2D eigenvalue weighted by molar-refractivity contribution is 5.71. The molecule has 3 unspecified atom stereocenters. The SMILES string of the molecule is CC1Cc2ccccc2C1C(C)C(=O)O. The first-order valence-corrected chi connectivity index (χ1v) is 5.42. The van der Waals surface area contributed by atoms with E-state index >= 15 is 0 Å². The monoisotopic (exact) mass is 204 g/mol. The van der Waals surface area contributed by atoms with Crippen molar-refractivity contribution < 1.29 is 9.90 Å². The largest absolute Gasteiger partial charge is 0.481 e. The maximum atomic E-state index is 11.0. The predicted molar refractivity (Wildman–Crippen MR) is 58.9 cm³/mol. The third kappa shape index (κ3) is 1.65. The van der Waals surface area contributed by atoms with E-state index in [-0.39, 0.29) is 11.8 Å². The molecule has 0 fully saturated rings. The van der Waals surface area contributed by atoms with Crippen LogP contribution >= 0.6 is 0 Å². The summed E-state index contributed by atoms with van der Waals surface area (Å²) in [7, 11) is 0. The average molecular weight is 204 g/mol. The first-order valence-electron chi connectivity index (χ1n) is 5.42. The average Bonchev–Trinajstić information content (AvgIpc) is 2.52. The zero-order valence-electron chi connectivity index (χ0n) is 9.10. The van der Waals surface area contributed by atoms with Gasteiger partial charge in [0, 0.05) is 5.92 Å². The molecule has 1 N–H and O–H groups in total. The minimum absolute atomic E-state index is 0.179. The minimum Gasteiger partial charge on any atom is -0.481 e. The van der Waals surface area contributed by atoms with Crippen molar-refractivity contribution in [1.29, 1.82) is 0 Å². The van der Waals surface area contributed by atoms with Crippen LogP contribution in [-0.4, -0.2) is 11.1 Å². The second-order valence-corrected chi connectivity index (χ2v) is 4.53. The van der Waals surface area contributed by atoms with Crippen molar-refractivity contribution in [2.24, 2.45) is 11.8 Å². The highest BCUT2D eigenvalue weighted by Crippen LogP contribution is 2.42. The van der Waals surface area contributed by atoms with E-state index in [2.05, 4.69) is 19.1 Å². The first kappa shape index (κ1) is 10.2. The van der Waals surface area contributed by atoms with Crippen molar-refractivity contribution in [3.05, 3.63) is 35.4 Å². The Kier molecular flexibility index (Phi) is 2.51. The molecule has 0 amide bonds. The molecule has 80 valence electrons. The molecule has 1 aromatic rings. The summed E-state index contributed by atoms with van der Waals surface area (Å²) in [6.07, 6.45) is 1.01. The van der Waals surface area contributed by atoms with Gasteiger partial charge in [-0.25, -0.2) is 0 Å². The fourth-order valence-electron chi connectivity index (χ4n) is 2.74. The quantitative estimate of drug-likeness (QED) is 0.804. The molecule has 1 aliphatic rings. The highest BCUT2D eigenvalue weighted by atomic mass is 16.4. The highest BCUT2D eigenvalue weighted by Gasteiger charge is 2.35. The minimum atomic E-state index is -0.691. The van der Waals surface area contributed by atoms with Crippen LogP contribution in [0, 0.1) is 11.8 Å². The summed E-state index contributed by atoms with van der Waals surface area (Å²) in [5, 5.41) is 9.09. The van der Waals surface area contributed by atoms with Crippen molar-refractivity contribution in [1.82, 2.24) is 0 Å². The van der Waals surface area contributed by atoms with Gasteiger partial charge in [0.1, 0.15) is 0 Å². The lowest BCUT2D eigenvalue weighted by Gasteiger charge is -2.20. The topological polar surface area (TPSA) is 37.3 Å². The number of hydrogen-bond donors (Lipinski definition) is 1. The van der Waals surface area contributed by atoms with E-state index in [1.54, 1.807) is 0 Å². The van der Waals surface area contributed by atoms with Gasteiger partial charge in [-0.05, 0) is 23.5 Å². The van der Waals surface area contributed by atoms with Crippen molar-refractivity contribution in [3.8, 4) is 0 Å². The third-order valence-corrected chi connectivity index (χ3v) is 3.50. The molecule has 1 aromatic carbocycles. The zero-order chi connectivity index (χ0) is 11.0. The number of benzene rings is 1. The first-order chi connectivity index (χ1) is 7.11. The molecule has 2 heteroatoms. The Hall–Kier alpha value is -1.31. The van der Waals surface area contributed by atoms with Crippen LogP contribution in [0.3, 0.4) is 0 Å². The molecule has 1 aliphatic carbocycles. The van der Waals surface area contributed by atoms with E-state index < -0.39 is 5.97 Å². The molecule has 3 atom stereocenters. The fraction of sp³-hybridized carbons (Fsp3) is 0.462. The molecule has 2 rings (SSSR count). The van der Waals surface area contributed by atoms with Gasteiger partial charge in [-0.2, -0.15) is 0 Å². The predicted octanol–water partition coefficient (Wildman–Crippen LogP) is 2.68. The van der Waals surface area contributed by atoms with Crippen molar-refractivity contribution in [3.63, 3.8) is 0 Å². The Balaban J connectivity index is 2.37. The Morgan fingerprint density at radius 2 is 2.13 bits per heavy atom. The van der Waals surface area contributed by atoms with Crippen LogP contribution in [-0.2, 0) is 11.2 Å². The normalized spacial score (nSPS) is 26.0. The lowest BCUT2D eigenvalue weighted by Crippen LogP contribution is -2.21. The van der Waals surface area contributed by atoms with Crippen LogP contribution in [0.4, 0.5) is 0 Å². The molecule has 0 saturated carbocycles. The summed E-state index contributed by atoms with van der Waals surface area (Å²) in [6, 6.07) is 8.21. The number of aliphatic carboxylic acids is 1. The van der Waals surface area contributed by atoms with Gasteiger partial charge in [0.25, 0.3) is 0 Å². The smallest absolute Gasteiger partial charge is 0.306 e. The zero-order valence-corrected chi connectivity index (χ0v) is 9.10. The van der Waals surface area contributed by atoms with E-state index in [9.17, 15) is 4.79 Å². The van der Waals surface area contributed by atoms with E-state index in [4.69, 9.17) is 5.11 Å². The summed E-state index contributed by atoms with van der Waals surface area (Å²) < 4.78 is 0. The van der Waals surface area contributed by atoms with E-state index in [1.165, 1.54) is 11.1 Å². The summed E-state index contributed by atoms with van der Waals surface area (Å²) >= 11 is 0. The van der Waals surface area contributed by atoms with Gasteiger partial charge in [-0.3, -0.25) is 4.79 Å². The molecule has 0 bridgehead atoms. The second kappa shape index (κ2) is 3.69. The number of carboxylic acids is 1. The molecule has 0 heterocycles. The van der Waals surface area contributed by atoms with Gasteiger partial charge in [0.05, 0.1) is 5.92 Å². The summed E-state index contributed by atoms with van der Waals surface area (Å²) in [5.41, 5.74) is 2.56. The molecule has 15 heavy (non-hydrogen) atoms. The van der Waals surface area contributed by atoms with Gasteiger partial charge in [0.15, 0.2) is 0 Å². The number of rotatable bonds is 2. The molecular weight excluding hydrogens is 188 g/mol. The van der Waals surface area contributed by atoms with Crippen molar-refractivity contribution in [2.75, 3.05) is 0 Å². The molecule has 0 radical (unpaired) electrons. The van der Waals surface area contributed by atoms with Crippen LogP contribution in [0.5, 0.6) is 0 Å². The van der Waals surface area contributed by atoms with Crippen LogP contribution in [0.2, 0.25) is 0 Å². The van der Waals surface area contributed by atoms with Gasteiger partial charge in [-0.15, -0.1) is 0 Å². The maximum absolute atomic E-state index is 11.0. The van der Waals surface area contributed by atoms with Crippen LogP contribution in [0.15, 0.2) is 24.3 Å². The molecule has 0 saturated heterocycles. The van der Waals surface area contributed by atoms with Gasteiger partial charge >= 0.3 is 5.97 Å². The van der Waals surface area contributed by atoms with E-state index in [0.717, 1.165) is 6.42 Å². The lowest BCUT2D eigenvalue weighted by molar-refractivity contribution is -0.142. The van der Waals surface area contributed by atoms with Gasteiger partial charge in [-0.1, -0.05) is 38.1 Å². The summed E-state index contributed by atoms with van der Waals surface area (Å²) in [5.74, 6) is -0.362. The Bertz CT molecular complexity index is 384. The van der Waals surface area contributed by atoms with E-state index in [0.29, 0.717) is 5.92 Å². The molecule has 0 spiro atoms. The molecule has 2 nitrogen and oxygen atoms in total. The lowest BCUT2D eigenvalue weighted by atomic mass is 9.83. The summed E-state index contributed by atoms with van der Waals surface area (Å²) in [4.78, 5) is 11.0. The molecule has 0 aliphatic heterocycles. The van der Waals surface area contributed by atoms with Crippen molar-refractivity contribution >= 4 is 5.97 Å². The van der Waals surface area contributed by atoms with Crippen LogP contribution in [0.25, 0.3) is 0 Å². The van der Waals surface area contributed by atoms with Crippen LogP contribution in [0.1, 0.15) is 30.9 Å². The van der Waals surface area contributed by atoms with Gasteiger partial charge < -0.3 is 5.11 Å². The Labute approximate surface area is 89.9 Å². The molecule has 0 aromatic heterocycles. The standard InChI is InChI=1S/C13H16O2/c1-8-7-10-5-3-4-6-11(10)12(8)9(2)13(14)15/h3-6,8-9,12H,7H2,1-2H3,(H,14,15). The number of fused-ring (bicyclic) bond motifs is 1. The van der Waals surface area contributed by atoms with Gasteiger partial charge in [0.2, 0.25) is 0 Å². The Morgan fingerprint density at radius 3 is 2.80 bits per heavy atom. The number of carboxylic acid groups (broad SMARTS) is 1. The second-order valence-electron chi connectivity index (χ2n) is 4.53. The van der Waals surface area contributed by atoms with Crippen LogP contribution < -0.4 is 0 Å². The molecular formula is C13H16O2. The number of hydrogen-bond acceptors (Lipinski definition) is 1. The fourth-order valence-corrected chi connectivity index (χ4v) is 2.74. The van der Waals surface area contributed by atoms with E-state index in [1.807, 2.05) is 19.1 Å². The maximum Gasteiger partial charge on any atom is 0.306 e. The Morgan fingerprint density at radius 1 is 1.47 bits per heavy atom.